The van der Waals surface area contributed by atoms with Gasteiger partial charge in [-0.25, -0.2) is 15.0 Å². The summed E-state index contributed by atoms with van der Waals surface area (Å²) in [4.78, 5) is 15.5. The Labute approximate surface area is 326 Å². The van der Waals surface area contributed by atoms with Crippen LogP contribution in [0.3, 0.4) is 0 Å². The highest BCUT2D eigenvalue weighted by Crippen LogP contribution is 2.38. The third-order valence-electron chi connectivity index (χ3n) is 10.5. The summed E-state index contributed by atoms with van der Waals surface area (Å²) in [5, 5.41) is 4.71. The molecule has 0 saturated carbocycles. The number of nitrogens with zero attached hydrogens (tertiary/aromatic N) is 3. The molecule has 0 saturated heterocycles. The quantitative estimate of drug-likeness (QED) is 0.165. The molecule has 0 unspecified atom stereocenters. The molecule has 262 valence electrons. The smallest absolute Gasteiger partial charge is 0.164 e. The second-order valence-electron chi connectivity index (χ2n) is 14.0. The van der Waals surface area contributed by atoms with Gasteiger partial charge < -0.3 is 0 Å². The van der Waals surface area contributed by atoms with Crippen molar-refractivity contribution >= 4 is 21.5 Å². The van der Waals surface area contributed by atoms with Crippen molar-refractivity contribution in [2.45, 2.75) is 0 Å². The molecule has 0 atom stereocenters. The van der Waals surface area contributed by atoms with Gasteiger partial charge in [-0.05, 0) is 84.3 Å². The van der Waals surface area contributed by atoms with Crippen LogP contribution < -0.4 is 0 Å². The molecule has 0 radical (unpaired) electrons. The van der Waals surface area contributed by atoms with E-state index in [-0.39, 0.29) is 0 Å². The van der Waals surface area contributed by atoms with Crippen molar-refractivity contribution < 1.29 is 0 Å². The fourth-order valence-corrected chi connectivity index (χ4v) is 7.64. The monoisotopic (exact) mass is 713 g/mol. The molecule has 10 rings (SSSR count). The van der Waals surface area contributed by atoms with Gasteiger partial charge in [-0.1, -0.05) is 194 Å². The fraction of sp³-hybridized carbons (Fsp3) is 0. The Kier molecular flexibility index (Phi) is 8.51. The van der Waals surface area contributed by atoms with Crippen LogP contribution in [-0.2, 0) is 0 Å². The molecule has 0 bridgehead atoms. The van der Waals surface area contributed by atoms with Gasteiger partial charge in [0.1, 0.15) is 0 Å². The average molecular weight is 714 g/mol. The van der Waals surface area contributed by atoms with Crippen LogP contribution in [-0.4, -0.2) is 15.0 Å². The van der Waals surface area contributed by atoms with Crippen molar-refractivity contribution in [1.29, 1.82) is 0 Å². The largest absolute Gasteiger partial charge is 0.208 e. The molecule has 0 fully saturated rings. The normalized spacial score (nSPS) is 11.2. The lowest BCUT2D eigenvalue weighted by Crippen LogP contribution is -2.01. The maximum absolute atomic E-state index is 5.19. The number of fused-ring (bicyclic) bond motifs is 2. The minimum atomic E-state index is 0.626. The summed E-state index contributed by atoms with van der Waals surface area (Å²) >= 11 is 0. The summed E-state index contributed by atoms with van der Waals surface area (Å²) in [5.74, 6) is 1.90. The molecule has 0 aliphatic rings. The van der Waals surface area contributed by atoms with Crippen LogP contribution >= 0.6 is 0 Å². The molecule has 1 aromatic heterocycles. The molecule has 1 heterocycles. The lowest BCUT2D eigenvalue weighted by Gasteiger charge is -2.15. The number of hydrogen-bond acceptors (Lipinski definition) is 3. The molecular weight excluding hydrogens is 679 g/mol. The lowest BCUT2D eigenvalue weighted by atomic mass is 9.90. The zero-order valence-corrected chi connectivity index (χ0v) is 30.5. The molecule has 10 aromatic rings. The van der Waals surface area contributed by atoms with E-state index in [2.05, 4.69) is 206 Å². The first-order valence-electron chi connectivity index (χ1n) is 18.9. The van der Waals surface area contributed by atoms with Gasteiger partial charge >= 0.3 is 0 Å². The summed E-state index contributed by atoms with van der Waals surface area (Å²) in [5.41, 5.74) is 12.1. The zero-order valence-electron chi connectivity index (χ0n) is 30.5. The van der Waals surface area contributed by atoms with Crippen molar-refractivity contribution in [3.8, 4) is 78.7 Å². The first-order valence-corrected chi connectivity index (χ1v) is 18.9. The molecule has 0 aliphatic heterocycles. The topological polar surface area (TPSA) is 38.7 Å². The second kappa shape index (κ2) is 14.4. The SMILES string of the molecule is c1ccc(-c2ccc(-c3nc(-c4cccc(-c5ccc(-c6ccc7ccccc7c6)cc5-c5ccccc5)c4)nc(-c4cccc5ccccc45)n3)cc2)cc1. The third-order valence-corrected chi connectivity index (χ3v) is 10.5. The van der Waals surface area contributed by atoms with E-state index >= 15 is 0 Å². The predicted octanol–water partition coefficient (Wildman–Crippen LogP) is 13.8. The van der Waals surface area contributed by atoms with Crippen LogP contribution in [0.5, 0.6) is 0 Å². The standard InChI is InChI=1S/C53H35N3/c1-3-13-36(14-4-1)38-25-28-41(29-26-38)51-54-52(56-53(55-51)49-24-12-20-39-18-9-10-23-47(39)49)46-22-11-21-45(34-46)48-32-31-44(35-50(48)40-16-5-2-6-17-40)43-30-27-37-15-7-8-19-42(37)33-43/h1-35H. The Bertz CT molecular complexity index is 3000. The molecule has 3 heteroatoms. The van der Waals surface area contributed by atoms with Crippen molar-refractivity contribution in [1.82, 2.24) is 15.0 Å². The van der Waals surface area contributed by atoms with Gasteiger partial charge in [0.25, 0.3) is 0 Å². The zero-order chi connectivity index (χ0) is 37.3. The van der Waals surface area contributed by atoms with Crippen molar-refractivity contribution in [2.75, 3.05) is 0 Å². The Balaban J connectivity index is 1.11. The Morgan fingerprint density at radius 2 is 0.732 bits per heavy atom. The van der Waals surface area contributed by atoms with E-state index in [0.717, 1.165) is 49.7 Å². The van der Waals surface area contributed by atoms with E-state index in [9.17, 15) is 0 Å². The second-order valence-corrected chi connectivity index (χ2v) is 14.0. The maximum Gasteiger partial charge on any atom is 0.164 e. The summed E-state index contributed by atoms with van der Waals surface area (Å²) in [6, 6.07) is 74.9. The van der Waals surface area contributed by atoms with E-state index in [1.165, 1.54) is 33.0 Å². The van der Waals surface area contributed by atoms with E-state index in [1.54, 1.807) is 0 Å². The van der Waals surface area contributed by atoms with E-state index < -0.39 is 0 Å². The Hall–Kier alpha value is -7.49. The minimum absolute atomic E-state index is 0.626. The third kappa shape index (κ3) is 6.42. The number of hydrogen-bond donors (Lipinski definition) is 0. The van der Waals surface area contributed by atoms with E-state index in [4.69, 9.17) is 15.0 Å². The molecule has 0 aliphatic carbocycles. The first-order chi connectivity index (χ1) is 27.7. The van der Waals surface area contributed by atoms with Crippen LogP contribution in [0, 0.1) is 0 Å². The highest BCUT2D eigenvalue weighted by atomic mass is 15.0. The fourth-order valence-electron chi connectivity index (χ4n) is 7.64. The molecule has 56 heavy (non-hydrogen) atoms. The summed E-state index contributed by atoms with van der Waals surface area (Å²) in [6.45, 7) is 0. The van der Waals surface area contributed by atoms with Crippen LogP contribution in [0.1, 0.15) is 0 Å². The highest BCUT2D eigenvalue weighted by molar-refractivity contribution is 5.96. The molecule has 0 amide bonds. The van der Waals surface area contributed by atoms with Crippen LogP contribution in [0.15, 0.2) is 212 Å². The van der Waals surface area contributed by atoms with Gasteiger partial charge in [0.15, 0.2) is 17.5 Å². The van der Waals surface area contributed by atoms with Crippen molar-refractivity contribution in [3.05, 3.63) is 212 Å². The first kappa shape index (κ1) is 33.1. The van der Waals surface area contributed by atoms with E-state index in [0.29, 0.717) is 17.5 Å². The number of aromatic nitrogens is 3. The van der Waals surface area contributed by atoms with Gasteiger partial charge in [-0.3, -0.25) is 0 Å². The molecule has 0 N–H and O–H groups in total. The summed E-state index contributed by atoms with van der Waals surface area (Å²) in [7, 11) is 0. The highest BCUT2D eigenvalue weighted by Gasteiger charge is 2.17. The lowest BCUT2D eigenvalue weighted by molar-refractivity contribution is 1.08. The van der Waals surface area contributed by atoms with Crippen LogP contribution in [0.25, 0.3) is 100 Å². The van der Waals surface area contributed by atoms with Crippen LogP contribution in [0.4, 0.5) is 0 Å². The van der Waals surface area contributed by atoms with Gasteiger partial charge in [0.05, 0.1) is 0 Å². The van der Waals surface area contributed by atoms with Crippen molar-refractivity contribution in [3.63, 3.8) is 0 Å². The molecule has 3 nitrogen and oxygen atoms in total. The minimum Gasteiger partial charge on any atom is -0.208 e. The Morgan fingerprint density at radius 1 is 0.214 bits per heavy atom. The van der Waals surface area contributed by atoms with Crippen molar-refractivity contribution in [2.24, 2.45) is 0 Å². The molecule has 0 spiro atoms. The summed E-state index contributed by atoms with van der Waals surface area (Å²) in [6.07, 6.45) is 0. The average Bonchev–Trinajstić information content (AvgIpc) is 3.29. The van der Waals surface area contributed by atoms with Gasteiger partial charge in [-0.15, -0.1) is 0 Å². The summed E-state index contributed by atoms with van der Waals surface area (Å²) < 4.78 is 0. The predicted molar refractivity (Wildman–Crippen MR) is 233 cm³/mol. The molecular formula is C53H35N3. The van der Waals surface area contributed by atoms with Gasteiger partial charge in [-0.2, -0.15) is 0 Å². The molecule has 9 aromatic carbocycles. The van der Waals surface area contributed by atoms with E-state index in [1.807, 2.05) is 6.07 Å². The Morgan fingerprint density at radius 3 is 1.54 bits per heavy atom. The van der Waals surface area contributed by atoms with Gasteiger partial charge in [0, 0.05) is 16.7 Å². The van der Waals surface area contributed by atoms with Crippen LogP contribution in [0.2, 0.25) is 0 Å². The number of benzene rings is 9. The number of rotatable bonds is 7. The van der Waals surface area contributed by atoms with Gasteiger partial charge in [0.2, 0.25) is 0 Å². The maximum atomic E-state index is 5.19.